The second kappa shape index (κ2) is 7.24. The van der Waals surface area contributed by atoms with Crippen LogP contribution in [0.15, 0.2) is 40.5 Å². The van der Waals surface area contributed by atoms with E-state index < -0.39 is 0 Å². The molecule has 138 valence electrons. The standard InChI is InChI=1S/C19H18N4O3S/c1-11-9-27-19-17(11)18(21-10-22-19)20-8-13-6-15(23-26-13)14-5-4-12(24-2)7-16(14)25-3/h4-7,9-10H,8H2,1-3H3,(H,20,21,22). The third kappa shape index (κ3) is 3.31. The number of methoxy groups -OCH3 is 2. The van der Waals surface area contributed by atoms with Gasteiger partial charge in [-0.1, -0.05) is 5.16 Å². The molecular formula is C19H18N4O3S. The summed E-state index contributed by atoms with van der Waals surface area (Å²) in [6.07, 6.45) is 1.56. The zero-order chi connectivity index (χ0) is 18.8. The summed E-state index contributed by atoms with van der Waals surface area (Å²) in [5, 5.41) is 10.6. The molecule has 0 saturated heterocycles. The van der Waals surface area contributed by atoms with Crippen molar-refractivity contribution < 1.29 is 14.0 Å². The highest BCUT2D eigenvalue weighted by molar-refractivity contribution is 7.17. The highest BCUT2D eigenvalue weighted by Crippen LogP contribution is 2.33. The normalized spacial score (nSPS) is 10.9. The number of fused-ring (bicyclic) bond motifs is 1. The third-order valence-corrected chi connectivity index (χ3v) is 5.23. The molecule has 27 heavy (non-hydrogen) atoms. The van der Waals surface area contributed by atoms with Crippen molar-refractivity contribution in [3.63, 3.8) is 0 Å². The highest BCUT2D eigenvalue weighted by atomic mass is 32.1. The lowest BCUT2D eigenvalue weighted by Gasteiger charge is -2.07. The number of hydrogen-bond donors (Lipinski definition) is 1. The Hall–Kier alpha value is -3.13. The van der Waals surface area contributed by atoms with Crippen molar-refractivity contribution in [2.24, 2.45) is 0 Å². The van der Waals surface area contributed by atoms with E-state index in [-0.39, 0.29) is 0 Å². The van der Waals surface area contributed by atoms with Crippen LogP contribution < -0.4 is 14.8 Å². The van der Waals surface area contributed by atoms with Gasteiger partial charge in [-0.25, -0.2) is 9.97 Å². The Labute approximate surface area is 160 Å². The number of ether oxygens (including phenoxy) is 2. The molecule has 8 heteroatoms. The van der Waals surface area contributed by atoms with E-state index in [2.05, 4.69) is 32.7 Å². The molecule has 1 N–H and O–H groups in total. The van der Waals surface area contributed by atoms with Crippen LogP contribution in [0.4, 0.5) is 5.82 Å². The van der Waals surface area contributed by atoms with Crippen molar-refractivity contribution >= 4 is 27.4 Å². The number of benzene rings is 1. The summed E-state index contributed by atoms with van der Waals surface area (Å²) >= 11 is 1.61. The van der Waals surface area contributed by atoms with E-state index in [0.29, 0.717) is 23.7 Å². The van der Waals surface area contributed by atoms with Gasteiger partial charge in [-0.2, -0.15) is 0 Å². The predicted molar refractivity (Wildman–Crippen MR) is 105 cm³/mol. The average Bonchev–Trinajstić information content (AvgIpc) is 3.33. The summed E-state index contributed by atoms with van der Waals surface area (Å²) in [4.78, 5) is 9.62. The van der Waals surface area contributed by atoms with E-state index in [1.165, 1.54) is 0 Å². The average molecular weight is 382 g/mol. The molecule has 3 aromatic heterocycles. The first-order chi connectivity index (χ1) is 13.2. The molecule has 1 aromatic carbocycles. The number of hydrogen-bond acceptors (Lipinski definition) is 8. The van der Waals surface area contributed by atoms with Crippen molar-refractivity contribution in [2.45, 2.75) is 13.5 Å². The van der Waals surface area contributed by atoms with Gasteiger partial charge in [-0.15, -0.1) is 11.3 Å². The molecule has 0 spiro atoms. The Balaban J connectivity index is 1.56. The Bertz CT molecular complexity index is 1090. The first-order valence-electron chi connectivity index (χ1n) is 8.30. The van der Waals surface area contributed by atoms with Crippen molar-refractivity contribution in [3.05, 3.63) is 47.3 Å². The molecule has 0 fully saturated rings. The van der Waals surface area contributed by atoms with Gasteiger partial charge in [0.15, 0.2) is 5.76 Å². The summed E-state index contributed by atoms with van der Waals surface area (Å²) < 4.78 is 16.2. The molecule has 0 amide bonds. The molecule has 4 aromatic rings. The van der Waals surface area contributed by atoms with Gasteiger partial charge in [0.25, 0.3) is 0 Å². The van der Waals surface area contributed by atoms with Gasteiger partial charge in [-0.05, 0) is 30.0 Å². The number of rotatable bonds is 6. The van der Waals surface area contributed by atoms with E-state index in [9.17, 15) is 0 Å². The van der Waals surface area contributed by atoms with Crippen molar-refractivity contribution in [3.8, 4) is 22.8 Å². The molecular weight excluding hydrogens is 364 g/mol. The van der Waals surface area contributed by atoms with Gasteiger partial charge in [-0.3, -0.25) is 0 Å². The van der Waals surface area contributed by atoms with Crippen LogP contribution in [-0.4, -0.2) is 29.3 Å². The molecule has 0 unspecified atom stereocenters. The van der Waals surface area contributed by atoms with Crippen molar-refractivity contribution in [2.75, 3.05) is 19.5 Å². The maximum absolute atomic E-state index is 5.48. The predicted octanol–water partition coefficient (Wildman–Crippen LogP) is 4.28. The second-order valence-corrected chi connectivity index (χ2v) is 6.78. The van der Waals surface area contributed by atoms with Crippen molar-refractivity contribution in [1.29, 1.82) is 0 Å². The van der Waals surface area contributed by atoms with Crippen LogP contribution in [0.25, 0.3) is 21.5 Å². The van der Waals surface area contributed by atoms with E-state index in [1.807, 2.05) is 24.3 Å². The van der Waals surface area contributed by atoms with Crippen LogP contribution in [-0.2, 0) is 6.54 Å². The molecule has 3 heterocycles. The lowest BCUT2D eigenvalue weighted by atomic mass is 10.1. The van der Waals surface area contributed by atoms with Gasteiger partial charge in [0, 0.05) is 17.7 Å². The lowest BCUT2D eigenvalue weighted by molar-refractivity contribution is 0.386. The molecule has 0 aliphatic rings. The minimum atomic E-state index is 0.465. The van der Waals surface area contributed by atoms with E-state index >= 15 is 0 Å². The van der Waals surface area contributed by atoms with Crippen LogP contribution in [0.3, 0.4) is 0 Å². The van der Waals surface area contributed by atoms with Gasteiger partial charge in [0.2, 0.25) is 0 Å². The minimum Gasteiger partial charge on any atom is -0.497 e. The topological polar surface area (TPSA) is 82.3 Å². The number of nitrogens with one attached hydrogen (secondary N) is 1. The summed E-state index contributed by atoms with van der Waals surface area (Å²) in [7, 11) is 3.23. The maximum Gasteiger partial charge on any atom is 0.156 e. The number of aryl methyl sites for hydroxylation is 1. The fourth-order valence-corrected chi connectivity index (χ4v) is 3.75. The van der Waals surface area contributed by atoms with Gasteiger partial charge in [0.1, 0.15) is 34.2 Å². The number of aromatic nitrogens is 3. The first-order valence-corrected chi connectivity index (χ1v) is 9.18. The quantitative estimate of drug-likeness (QED) is 0.533. The number of thiophene rings is 1. The molecule has 0 atom stereocenters. The fourth-order valence-electron chi connectivity index (χ4n) is 2.86. The smallest absolute Gasteiger partial charge is 0.156 e. The zero-order valence-corrected chi connectivity index (χ0v) is 16.0. The van der Waals surface area contributed by atoms with Gasteiger partial charge >= 0.3 is 0 Å². The van der Waals surface area contributed by atoms with Crippen molar-refractivity contribution in [1.82, 2.24) is 15.1 Å². The second-order valence-electron chi connectivity index (χ2n) is 5.92. The third-order valence-electron chi connectivity index (χ3n) is 4.23. The molecule has 0 bridgehead atoms. The van der Waals surface area contributed by atoms with Crippen LogP contribution in [0.1, 0.15) is 11.3 Å². The molecule has 4 rings (SSSR count). The Morgan fingerprint density at radius 3 is 2.85 bits per heavy atom. The van der Waals surface area contributed by atoms with Gasteiger partial charge in [0.05, 0.1) is 26.2 Å². The zero-order valence-electron chi connectivity index (χ0n) is 15.1. The first kappa shape index (κ1) is 17.3. The van der Waals surface area contributed by atoms with Crippen LogP contribution >= 0.6 is 11.3 Å². The SMILES string of the molecule is COc1ccc(-c2cc(CNc3ncnc4scc(C)c34)on2)c(OC)c1. The molecule has 0 radical (unpaired) electrons. The maximum atomic E-state index is 5.48. The molecule has 0 aliphatic carbocycles. The summed E-state index contributed by atoms with van der Waals surface area (Å²) in [5.74, 6) is 2.88. The van der Waals surface area contributed by atoms with E-state index in [4.69, 9.17) is 14.0 Å². The van der Waals surface area contributed by atoms with Crippen LogP contribution in [0.2, 0.25) is 0 Å². The van der Waals surface area contributed by atoms with E-state index in [1.54, 1.807) is 31.9 Å². The minimum absolute atomic E-state index is 0.465. The Morgan fingerprint density at radius 2 is 2.04 bits per heavy atom. The fraction of sp³-hybridized carbons (Fsp3) is 0.211. The highest BCUT2D eigenvalue weighted by Gasteiger charge is 2.14. The molecule has 7 nitrogen and oxygen atoms in total. The summed E-state index contributed by atoms with van der Waals surface area (Å²) in [6, 6.07) is 7.46. The van der Waals surface area contributed by atoms with Crippen LogP contribution in [0.5, 0.6) is 11.5 Å². The number of anilines is 1. The number of nitrogens with zero attached hydrogens (tertiary/aromatic N) is 3. The monoisotopic (exact) mass is 382 g/mol. The van der Waals surface area contributed by atoms with E-state index in [0.717, 1.165) is 32.9 Å². The Kier molecular flexibility index (Phi) is 4.64. The lowest BCUT2D eigenvalue weighted by Crippen LogP contribution is -2.01. The summed E-state index contributed by atoms with van der Waals surface area (Å²) in [6.45, 7) is 2.52. The molecule has 0 aliphatic heterocycles. The summed E-state index contributed by atoms with van der Waals surface area (Å²) in [5.41, 5.74) is 2.69. The van der Waals surface area contributed by atoms with Gasteiger partial charge < -0.3 is 19.3 Å². The molecule has 0 saturated carbocycles. The van der Waals surface area contributed by atoms with Crippen LogP contribution in [0, 0.1) is 6.92 Å². The largest absolute Gasteiger partial charge is 0.497 e. The Morgan fingerprint density at radius 1 is 1.15 bits per heavy atom.